The van der Waals surface area contributed by atoms with Crippen LogP contribution in [0.5, 0.6) is 0 Å². The SMILES string of the molecule is CCc1cccc(C2CC=CC(C3C=CCCCC3)CC2)c1. The van der Waals surface area contributed by atoms with Crippen LogP contribution in [0.25, 0.3) is 0 Å². The predicted molar refractivity (Wildman–Crippen MR) is 96.1 cm³/mol. The van der Waals surface area contributed by atoms with Gasteiger partial charge in [0, 0.05) is 0 Å². The van der Waals surface area contributed by atoms with Crippen molar-refractivity contribution < 1.29 is 0 Å². The summed E-state index contributed by atoms with van der Waals surface area (Å²) in [4.78, 5) is 0. The van der Waals surface area contributed by atoms with E-state index in [4.69, 9.17) is 0 Å². The summed E-state index contributed by atoms with van der Waals surface area (Å²) < 4.78 is 0. The van der Waals surface area contributed by atoms with Gasteiger partial charge in [0.2, 0.25) is 0 Å². The Balaban J connectivity index is 1.66. The fourth-order valence-corrected chi connectivity index (χ4v) is 4.12. The molecule has 0 radical (unpaired) electrons. The van der Waals surface area contributed by atoms with Crippen molar-refractivity contribution in [1.82, 2.24) is 0 Å². The Hall–Kier alpha value is -1.30. The van der Waals surface area contributed by atoms with Gasteiger partial charge in [0.25, 0.3) is 0 Å². The molecule has 0 heterocycles. The first-order chi connectivity index (χ1) is 10.9. The van der Waals surface area contributed by atoms with E-state index in [1.807, 2.05) is 0 Å². The lowest BCUT2D eigenvalue weighted by Crippen LogP contribution is -2.10. The summed E-state index contributed by atoms with van der Waals surface area (Å²) in [7, 11) is 0. The first-order valence-electron chi connectivity index (χ1n) is 9.29. The molecule has 22 heavy (non-hydrogen) atoms. The molecule has 0 nitrogen and oxygen atoms in total. The lowest BCUT2D eigenvalue weighted by atomic mass is 9.83. The molecule has 1 aromatic carbocycles. The number of hydrogen-bond donors (Lipinski definition) is 0. The Labute approximate surface area is 136 Å². The van der Waals surface area contributed by atoms with Crippen molar-refractivity contribution >= 4 is 0 Å². The van der Waals surface area contributed by atoms with Gasteiger partial charge in [-0.1, -0.05) is 61.9 Å². The summed E-state index contributed by atoms with van der Waals surface area (Å²) in [5.74, 6) is 2.29. The normalized spacial score (nSPS) is 29.0. The van der Waals surface area contributed by atoms with Crippen molar-refractivity contribution in [2.45, 2.75) is 64.2 Å². The molecule has 0 spiro atoms. The highest BCUT2D eigenvalue weighted by molar-refractivity contribution is 5.27. The summed E-state index contributed by atoms with van der Waals surface area (Å²) in [5.41, 5.74) is 3.04. The van der Waals surface area contributed by atoms with Gasteiger partial charge in [0.1, 0.15) is 0 Å². The lowest BCUT2D eigenvalue weighted by molar-refractivity contribution is 0.398. The molecule has 3 atom stereocenters. The topological polar surface area (TPSA) is 0 Å². The molecule has 1 aromatic rings. The maximum Gasteiger partial charge on any atom is -0.0127 e. The monoisotopic (exact) mass is 294 g/mol. The van der Waals surface area contributed by atoms with Crippen LogP contribution >= 0.6 is 0 Å². The third-order valence-electron chi connectivity index (χ3n) is 5.57. The predicted octanol–water partition coefficient (Wildman–Crippen LogP) is 6.44. The minimum Gasteiger partial charge on any atom is -0.0882 e. The number of aryl methyl sites for hydroxylation is 1. The first-order valence-corrected chi connectivity index (χ1v) is 9.29. The molecule has 0 saturated carbocycles. The fourth-order valence-electron chi connectivity index (χ4n) is 4.12. The zero-order chi connectivity index (χ0) is 15.2. The summed E-state index contributed by atoms with van der Waals surface area (Å²) in [6.07, 6.45) is 20.5. The van der Waals surface area contributed by atoms with Crippen LogP contribution in [0, 0.1) is 11.8 Å². The second kappa shape index (κ2) is 7.81. The lowest BCUT2D eigenvalue weighted by Gasteiger charge is -2.21. The fraction of sp³-hybridized carbons (Fsp3) is 0.545. The van der Waals surface area contributed by atoms with Gasteiger partial charge in [-0.2, -0.15) is 0 Å². The van der Waals surface area contributed by atoms with E-state index in [-0.39, 0.29) is 0 Å². The molecule has 0 N–H and O–H groups in total. The van der Waals surface area contributed by atoms with Crippen LogP contribution in [0.2, 0.25) is 0 Å². The van der Waals surface area contributed by atoms with E-state index in [9.17, 15) is 0 Å². The van der Waals surface area contributed by atoms with Crippen LogP contribution in [-0.4, -0.2) is 0 Å². The number of rotatable bonds is 3. The molecule has 3 rings (SSSR count). The maximum atomic E-state index is 2.53. The average molecular weight is 294 g/mol. The number of allylic oxidation sites excluding steroid dienone is 4. The molecule has 2 aliphatic rings. The largest absolute Gasteiger partial charge is 0.0882 e. The van der Waals surface area contributed by atoms with Crippen LogP contribution in [0.15, 0.2) is 48.6 Å². The quantitative estimate of drug-likeness (QED) is 0.563. The molecule has 118 valence electrons. The van der Waals surface area contributed by atoms with E-state index in [0.717, 1.165) is 24.2 Å². The van der Waals surface area contributed by atoms with E-state index in [2.05, 4.69) is 55.5 Å². The van der Waals surface area contributed by atoms with E-state index in [1.54, 1.807) is 5.56 Å². The van der Waals surface area contributed by atoms with E-state index in [1.165, 1.54) is 50.5 Å². The Morgan fingerprint density at radius 2 is 1.82 bits per heavy atom. The minimum absolute atomic E-state index is 0.725. The zero-order valence-electron chi connectivity index (χ0n) is 14.0. The second-order valence-electron chi connectivity index (χ2n) is 7.08. The summed E-state index contributed by atoms with van der Waals surface area (Å²) >= 11 is 0. The Bertz CT molecular complexity index is 523. The van der Waals surface area contributed by atoms with Crippen LogP contribution in [0.1, 0.15) is 68.9 Å². The zero-order valence-corrected chi connectivity index (χ0v) is 14.0. The smallest absolute Gasteiger partial charge is 0.0127 e. The van der Waals surface area contributed by atoms with Crippen molar-refractivity contribution in [3.05, 3.63) is 59.7 Å². The van der Waals surface area contributed by atoms with Crippen molar-refractivity contribution in [1.29, 1.82) is 0 Å². The summed E-state index contributed by atoms with van der Waals surface area (Å²) in [6, 6.07) is 9.28. The van der Waals surface area contributed by atoms with Crippen LogP contribution in [0.4, 0.5) is 0 Å². The van der Waals surface area contributed by atoms with Crippen molar-refractivity contribution in [2.75, 3.05) is 0 Å². The van der Waals surface area contributed by atoms with E-state index >= 15 is 0 Å². The van der Waals surface area contributed by atoms with Crippen LogP contribution < -0.4 is 0 Å². The highest BCUT2D eigenvalue weighted by Crippen LogP contribution is 2.36. The molecule has 0 heteroatoms. The highest BCUT2D eigenvalue weighted by Gasteiger charge is 2.22. The first kappa shape index (κ1) is 15.6. The molecule has 0 fully saturated rings. The Morgan fingerprint density at radius 3 is 2.73 bits per heavy atom. The molecular formula is C22H30. The number of benzene rings is 1. The van der Waals surface area contributed by atoms with Gasteiger partial charge in [-0.05, 0) is 73.8 Å². The van der Waals surface area contributed by atoms with Gasteiger partial charge in [0.15, 0.2) is 0 Å². The molecule has 3 unspecified atom stereocenters. The summed E-state index contributed by atoms with van der Waals surface area (Å²) in [5, 5.41) is 0. The van der Waals surface area contributed by atoms with E-state index in [0.29, 0.717) is 0 Å². The van der Waals surface area contributed by atoms with Gasteiger partial charge in [0.05, 0.1) is 0 Å². The Kier molecular flexibility index (Phi) is 5.53. The van der Waals surface area contributed by atoms with Crippen LogP contribution in [-0.2, 0) is 6.42 Å². The van der Waals surface area contributed by atoms with E-state index < -0.39 is 0 Å². The molecule has 0 saturated heterocycles. The van der Waals surface area contributed by atoms with Gasteiger partial charge in [-0.25, -0.2) is 0 Å². The van der Waals surface area contributed by atoms with Gasteiger partial charge in [-0.15, -0.1) is 0 Å². The third-order valence-corrected chi connectivity index (χ3v) is 5.57. The van der Waals surface area contributed by atoms with Crippen molar-refractivity contribution in [2.24, 2.45) is 11.8 Å². The number of hydrogen-bond acceptors (Lipinski definition) is 0. The molecular weight excluding hydrogens is 264 g/mol. The third kappa shape index (κ3) is 3.91. The molecule has 0 bridgehead atoms. The maximum absolute atomic E-state index is 2.53. The second-order valence-corrected chi connectivity index (χ2v) is 7.08. The molecule has 0 aliphatic heterocycles. The molecule has 0 amide bonds. The molecule has 0 aromatic heterocycles. The van der Waals surface area contributed by atoms with Crippen molar-refractivity contribution in [3.63, 3.8) is 0 Å². The standard InChI is InChI=1S/C22H30/c1-2-18-9-7-14-22(17-18)21-13-8-12-20(15-16-21)19-10-5-3-4-6-11-19/h5,7-10,12,14,17,19-21H,2-4,6,11,13,15-16H2,1H3. The van der Waals surface area contributed by atoms with Gasteiger partial charge < -0.3 is 0 Å². The van der Waals surface area contributed by atoms with Gasteiger partial charge in [-0.3, -0.25) is 0 Å². The van der Waals surface area contributed by atoms with Crippen LogP contribution in [0.3, 0.4) is 0 Å². The minimum atomic E-state index is 0.725. The highest BCUT2D eigenvalue weighted by atomic mass is 14.3. The summed E-state index contributed by atoms with van der Waals surface area (Å²) in [6.45, 7) is 2.25. The average Bonchev–Trinajstić information content (AvgIpc) is 2.97. The van der Waals surface area contributed by atoms with Gasteiger partial charge >= 0.3 is 0 Å². The van der Waals surface area contributed by atoms with Crippen molar-refractivity contribution in [3.8, 4) is 0 Å². The Morgan fingerprint density at radius 1 is 0.955 bits per heavy atom. The molecule has 2 aliphatic carbocycles.